The van der Waals surface area contributed by atoms with Crippen molar-refractivity contribution in [3.8, 4) is 5.75 Å². The Bertz CT molecular complexity index is 858. The van der Waals surface area contributed by atoms with Crippen molar-refractivity contribution in [1.82, 2.24) is 0 Å². The summed E-state index contributed by atoms with van der Waals surface area (Å²) in [5.74, 6) is 0.823. The maximum Gasteiger partial charge on any atom is 0.266 e. The van der Waals surface area contributed by atoms with Crippen molar-refractivity contribution in [2.24, 2.45) is 5.92 Å². The van der Waals surface area contributed by atoms with Gasteiger partial charge in [0, 0.05) is 24.5 Å². The zero-order valence-corrected chi connectivity index (χ0v) is 16.0. The van der Waals surface area contributed by atoms with E-state index in [1.165, 1.54) is 18.5 Å². The smallest absolute Gasteiger partial charge is 0.266 e. The molecule has 0 saturated carbocycles. The fraction of sp³-hybridized carbons (Fsp3) is 0.364. The van der Waals surface area contributed by atoms with Crippen LogP contribution in [0.4, 0.5) is 17.1 Å². The van der Waals surface area contributed by atoms with E-state index in [0.717, 1.165) is 24.7 Å². The molecule has 1 saturated heterocycles. The number of carbonyl (C=O) groups is 2. The topological polar surface area (TPSA) is 70.7 Å². The summed E-state index contributed by atoms with van der Waals surface area (Å²) in [6.45, 7) is 4.44. The number of nitrogens with one attached hydrogen (secondary N) is 2. The largest absolute Gasteiger partial charge is 0.478 e. The molecule has 2 aliphatic heterocycles. The molecule has 4 rings (SSSR count). The van der Waals surface area contributed by atoms with Crippen LogP contribution in [0.2, 0.25) is 0 Å². The number of ether oxygens (including phenoxy) is 1. The fourth-order valence-corrected chi connectivity index (χ4v) is 3.63. The Balaban J connectivity index is 1.33. The van der Waals surface area contributed by atoms with E-state index >= 15 is 0 Å². The van der Waals surface area contributed by atoms with Gasteiger partial charge in [0.05, 0.1) is 12.1 Å². The van der Waals surface area contributed by atoms with E-state index in [0.29, 0.717) is 11.4 Å². The summed E-state index contributed by atoms with van der Waals surface area (Å²) in [6.07, 6.45) is 1.56. The molecule has 146 valence electrons. The molecule has 2 heterocycles. The zero-order valence-electron chi connectivity index (χ0n) is 16.0. The Kier molecular flexibility index (Phi) is 5.19. The van der Waals surface area contributed by atoms with Crippen molar-refractivity contribution in [2.45, 2.75) is 32.3 Å². The first-order chi connectivity index (χ1) is 13.6. The number of piperidine rings is 1. The zero-order chi connectivity index (χ0) is 19.5. The molecule has 2 amide bonds. The molecule has 6 nitrogen and oxygen atoms in total. The molecule has 2 aromatic rings. The normalized spacial score (nSPS) is 19.4. The predicted molar refractivity (Wildman–Crippen MR) is 110 cm³/mol. The van der Waals surface area contributed by atoms with E-state index in [1.54, 1.807) is 12.1 Å². The maximum atomic E-state index is 12.4. The minimum absolute atomic E-state index is 0.0358. The first-order valence-electron chi connectivity index (χ1n) is 9.80. The molecule has 6 heteroatoms. The molecule has 1 fully saturated rings. The highest BCUT2D eigenvalue weighted by Crippen LogP contribution is 2.30. The number of hydrogen-bond donors (Lipinski definition) is 2. The van der Waals surface area contributed by atoms with Gasteiger partial charge in [-0.25, -0.2) is 0 Å². The number of anilines is 3. The highest BCUT2D eigenvalue weighted by atomic mass is 16.5. The highest BCUT2D eigenvalue weighted by Gasteiger charge is 2.29. The summed E-state index contributed by atoms with van der Waals surface area (Å²) < 4.78 is 5.68. The standard InChI is InChI=1S/C22H25N3O3/c1-15-10-12-25(13-11-15)17-8-6-16(7-9-17)23-21(26)14-20-22(27)24-18-4-2-3-5-19(18)28-20/h2-9,15,20H,10-14H2,1H3,(H,23,26)(H,24,27). The van der Waals surface area contributed by atoms with E-state index in [4.69, 9.17) is 4.74 Å². The van der Waals surface area contributed by atoms with Crippen LogP contribution in [0.15, 0.2) is 48.5 Å². The first-order valence-corrected chi connectivity index (χ1v) is 9.80. The van der Waals surface area contributed by atoms with Crippen LogP contribution in [0.1, 0.15) is 26.2 Å². The Morgan fingerprint density at radius 2 is 1.86 bits per heavy atom. The monoisotopic (exact) mass is 379 g/mol. The summed E-state index contributed by atoms with van der Waals surface area (Å²) in [7, 11) is 0. The van der Waals surface area contributed by atoms with Crippen molar-refractivity contribution in [3.63, 3.8) is 0 Å². The van der Waals surface area contributed by atoms with Gasteiger partial charge in [-0.2, -0.15) is 0 Å². The molecular weight excluding hydrogens is 354 g/mol. The quantitative estimate of drug-likeness (QED) is 0.851. The molecule has 1 unspecified atom stereocenters. The van der Waals surface area contributed by atoms with Crippen LogP contribution in [-0.2, 0) is 9.59 Å². The summed E-state index contributed by atoms with van der Waals surface area (Å²) in [6, 6.07) is 15.1. The predicted octanol–water partition coefficient (Wildman–Crippen LogP) is 3.65. The molecule has 0 aromatic heterocycles. The Hall–Kier alpha value is -3.02. The van der Waals surface area contributed by atoms with Crippen molar-refractivity contribution < 1.29 is 14.3 Å². The van der Waals surface area contributed by atoms with Crippen LogP contribution in [0, 0.1) is 5.92 Å². The van der Waals surface area contributed by atoms with E-state index < -0.39 is 6.10 Å². The average molecular weight is 379 g/mol. The lowest BCUT2D eigenvalue weighted by Crippen LogP contribution is -2.39. The SMILES string of the molecule is CC1CCN(c2ccc(NC(=O)CC3Oc4ccccc4NC3=O)cc2)CC1. The van der Waals surface area contributed by atoms with E-state index in [9.17, 15) is 9.59 Å². The lowest BCUT2D eigenvalue weighted by Gasteiger charge is -2.32. The molecule has 1 atom stereocenters. The van der Waals surface area contributed by atoms with Crippen LogP contribution in [0.25, 0.3) is 0 Å². The van der Waals surface area contributed by atoms with Crippen molar-refractivity contribution in [1.29, 1.82) is 0 Å². The van der Waals surface area contributed by atoms with Crippen molar-refractivity contribution in [3.05, 3.63) is 48.5 Å². The van der Waals surface area contributed by atoms with Crippen LogP contribution < -0.4 is 20.3 Å². The van der Waals surface area contributed by atoms with Gasteiger partial charge in [0.1, 0.15) is 5.75 Å². The van der Waals surface area contributed by atoms with Gasteiger partial charge in [-0.15, -0.1) is 0 Å². The third-order valence-electron chi connectivity index (χ3n) is 5.38. The third kappa shape index (κ3) is 4.11. The van der Waals surface area contributed by atoms with E-state index in [1.807, 2.05) is 36.4 Å². The van der Waals surface area contributed by atoms with Crippen LogP contribution in [0.5, 0.6) is 5.75 Å². The Morgan fingerprint density at radius 1 is 1.14 bits per heavy atom. The van der Waals surface area contributed by atoms with Crippen molar-refractivity contribution in [2.75, 3.05) is 28.6 Å². The Morgan fingerprint density at radius 3 is 2.61 bits per heavy atom. The highest BCUT2D eigenvalue weighted by molar-refractivity contribution is 6.02. The number of nitrogens with zero attached hydrogens (tertiary/aromatic N) is 1. The summed E-state index contributed by atoms with van der Waals surface area (Å²) in [4.78, 5) is 26.9. The maximum absolute atomic E-state index is 12.4. The summed E-state index contributed by atoms with van der Waals surface area (Å²) >= 11 is 0. The van der Waals surface area contributed by atoms with Gasteiger partial charge >= 0.3 is 0 Å². The molecule has 0 bridgehead atoms. The van der Waals surface area contributed by atoms with Crippen molar-refractivity contribution >= 4 is 28.9 Å². The van der Waals surface area contributed by atoms with E-state index in [2.05, 4.69) is 22.5 Å². The number of para-hydroxylation sites is 2. The summed E-state index contributed by atoms with van der Waals surface area (Å²) in [5, 5.41) is 5.63. The van der Waals surface area contributed by atoms with Gasteiger partial charge in [0.15, 0.2) is 6.10 Å². The fourth-order valence-electron chi connectivity index (χ4n) is 3.63. The number of fused-ring (bicyclic) bond motifs is 1. The lowest BCUT2D eigenvalue weighted by molar-refractivity contribution is -0.128. The van der Waals surface area contributed by atoms with E-state index in [-0.39, 0.29) is 18.2 Å². The van der Waals surface area contributed by atoms with Gasteiger partial charge in [0.2, 0.25) is 5.91 Å². The minimum atomic E-state index is -0.829. The molecule has 2 aliphatic rings. The lowest BCUT2D eigenvalue weighted by atomic mass is 9.99. The second-order valence-electron chi connectivity index (χ2n) is 7.56. The second kappa shape index (κ2) is 7.92. The molecule has 0 radical (unpaired) electrons. The third-order valence-corrected chi connectivity index (χ3v) is 5.38. The van der Waals surface area contributed by atoms with Gasteiger partial charge in [-0.3, -0.25) is 9.59 Å². The second-order valence-corrected chi connectivity index (χ2v) is 7.56. The number of amides is 2. The van der Waals surface area contributed by atoms with Gasteiger partial charge in [-0.05, 0) is 55.2 Å². The van der Waals surface area contributed by atoms with Gasteiger partial charge in [0.25, 0.3) is 5.91 Å². The number of rotatable bonds is 4. The summed E-state index contributed by atoms with van der Waals surface area (Å²) in [5.41, 5.74) is 2.53. The number of hydrogen-bond acceptors (Lipinski definition) is 4. The van der Waals surface area contributed by atoms with Gasteiger partial charge in [-0.1, -0.05) is 19.1 Å². The van der Waals surface area contributed by atoms with Crippen LogP contribution >= 0.6 is 0 Å². The van der Waals surface area contributed by atoms with Crippen LogP contribution in [-0.4, -0.2) is 31.0 Å². The molecule has 2 N–H and O–H groups in total. The molecule has 0 spiro atoms. The molecular formula is C22H25N3O3. The average Bonchev–Trinajstić information content (AvgIpc) is 2.70. The number of benzene rings is 2. The molecule has 0 aliphatic carbocycles. The molecule has 2 aromatic carbocycles. The Labute approximate surface area is 164 Å². The molecule has 28 heavy (non-hydrogen) atoms. The minimum Gasteiger partial charge on any atom is -0.478 e. The van der Waals surface area contributed by atoms with Crippen LogP contribution in [0.3, 0.4) is 0 Å². The van der Waals surface area contributed by atoms with Gasteiger partial charge < -0.3 is 20.3 Å². The first kappa shape index (κ1) is 18.3. The number of carbonyl (C=O) groups excluding carboxylic acids is 2.